The highest BCUT2D eigenvalue weighted by atomic mass is 16.4. The number of imide groups is 1. The molecule has 0 atom stereocenters. The Morgan fingerprint density at radius 2 is 1.95 bits per heavy atom. The van der Waals surface area contributed by atoms with Crippen molar-refractivity contribution in [3.05, 3.63) is 29.3 Å². The Morgan fingerprint density at radius 3 is 2.47 bits per heavy atom. The summed E-state index contributed by atoms with van der Waals surface area (Å²) in [5.74, 6) is -2.06. The van der Waals surface area contributed by atoms with Crippen LogP contribution < -0.4 is 10.2 Å². The Hall–Kier alpha value is -2.88. The van der Waals surface area contributed by atoms with Crippen LogP contribution in [0.1, 0.15) is 15.9 Å². The van der Waals surface area contributed by atoms with E-state index in [1.165, 1.54) is 23.1 Å². The number of carbonyl (C=O) groups is 3. The monoisotopic (exact) mass is 259 g/mol. The van der Waals surface area contributed by atoms with Crippen LogP contribution in [0.2, 0.25) is 0 Å². The van der Waals surface area contributed by atoms with E-state index in [1.54, 1.807) is 0 Å². The minimum Gasteiger partial charge on any atom is -0.478 e. The molecular formula is C12H9N3O4. The first-order valence-corrected chi connectivity index (χ1v) is 5.36. The van der Waals surface area contributed by atoms with Gasteiger partial charge in [0.1, 0.15) is 6.07 Å². The summed E-state index contributed by atoms with van der Waals surface area (Å²) in [4.78, 5) is 34.8. The van der Waals surface area contributed by atoms with Crippen molar-refractivity contribution in [2.45, 2.75) is 0 Å². The number of carboxylic acid groups (broad SMARTS) is 1. The maximum atomic E-state index is 11.3. The van der Waals surface area contributed by atoms with E-state index in [-0.39, 0.29) is 24.2 Å². The molecule has 1 fully saturated rings. The van der Waals surface area contributed by atoms with Crippen LogP contribution in [0.4, 0.5) is 5.69 Å². The molecule has 1 aliphatic heterocycles. The number of carboxylic acids is 1. The fraction of sp³-hybridized carbons (Fsp3) is 0.167. The Labute approximate surface area is 108 Å². The highest BCUT2D eigenvalue weighted by Crippen LogP contribution is 2.22. The van der Waals surface area contributed by atoms with Crippen LogP contribution in [-0.2, 0) is 9.59 Å². The molecule has 0 spiro atoms. The number of aromatic carboxylic acids is 1. The number of nitrogens with one attached hydrogen (secondary N) is 1. The zero-order chi connectivity index (χ0) is 14.0. The molecule has 7 heteroatoms. The molecule has 96 valence electrons. The average Bonchev–Trinajstić information content (AvgIpc) is 2.36. The van der Waals surface area contributed by atoms with Gasteiger partial charge in [-0.1, -0.05) is 0 Å². The van der Waals surface area contributed by atoms with Crippen molar-refractivity contribution in [1.82, 2.24) is 5.32 Å². The highest BCUT2D eigenvalue weighted by molar-refractivity contribution is 6.03. The fourth-order valence-electron chi connectivity index (χ4n) is 1.84. The predicted molar refractivity (Wildman–Crippen MR) is 63.5 cm³/mol. The summed E-state index contributed by atoms with van der Waals surface area (Å²) in [6, 6.07) is 5.84. The van der Waals surface area contributed by atoms with Crippen molar-refractivity contribution in [3.8, 4) is 6.07 Å². The molecular weight excluding hydrogens is 250 g/mol. The minimum atomic E-state index is -1.14. The molecule has 7 nitrogen and oxygen atoms in total. The largest absolute Gasteiger partial charge is 0.478 e. The number of amides is 2. The fourth-order valence-corrected chi connectivity index (χ4v) is 1.84. The van der Waals surface area contributed by atoms with Gasteiger partial charge in [0.2, 0.25) is 11.8 Å². The first kappa shape index (κ1) is 12.6. The number of anilines is 1. The molecule has 1 aliphatic rings. The zero-order valence-electron chi connectivity index (χ0n) is 9.71. The van der Waals surface area contributed by atoms with Crippen LogP contribution in [0, 0.1) is 11.3 Å². The van der Waals surface area contributed by atoms with Gasteiger partial charge in [-0.15, -0.1) is 0 Å². The number of piperazine rings is 1. The Balaban J connectivity index is 2.39. The molecule has 0 aromatic heterocycles. The second-order valence-electron chi connectivity index (χ2n) is 3.98. The SMILES string of the molecule is N#Cc1cc(C(=O)O)ccc1N1CC(=O)NC(=O)C1. The number of nitrogens with zero attached hydrogens (tertiary/aromatic N) is 2. The number of benzene rings is 1. The Bertz CT molecular complexity index is 602. The van der Waals surface area contributed by atoms with Gasteiger partial charge >= 0.3 is 5.97 Å². The minimum absolute atomic E-state index is 0.0203. The Morgan fingerprint density at radius 1 is 1.32 bits per heavy atom. The van der Waals surface area contributed by atoms with Gasteiger partial charge in [-0.2, -0.15) is 5.26 Å². The van der Waals surface area contributed by atoms with E-state index < -0.39 is 17.8 Å². The zero-order valence-corrected chi connectivity index (χ0v) is 9.71. The van der Waals surface area contributed by atoms with Gasteiger partial charge in [0, 0.05) is 0 Å². The van der Waals surface area contributed by atoms with E-state index in [2.05, 4.69) is 5.32 Å². The van der Waals surface area contributed by atoms with Crippen LogP contribution >= 0.6 is 0 Å². The van der Waals surface area contributed by atoms with Crippen LogP contribution in [0.3, 0.4) is 0 Å². The number of carbonyl (C=O) groups excluding carboxylic acids is 2. The van der Waals surface area contributed by atoms with Gasteiger partial charge < -0.3 is 10.0 Å². The Kier molecular flexibility index (Phi) is 3.16. The van der Waals surface area contributed by atoms with Crippen molar-refractivity contribution < 1.29 is 19.5 Å². The second-order valence-corrected chi connectivity index (χ2v) is 3.98. The number of hydrogen-bond acceptors (Lipinski definition) is 5. The number of hydrogen-bond donors (Lipinski definition) is 2. The molecule has 1 heterocycles. The van der Waals surface area contributed by atoms with E-state index in [9.17, 15) is 14.4 Å². The van der Waals surface area contributed by atoms with Crippen molar-refractivity contribution in [3.63, 3.8) is 0 Å². The van der Waals surface area contributed by atoms with Gasteiger partial charge in [0.05, 0.1) is 29.9 Å². The molecule has 0 saturated carbocycles. The number of rotatable bonds is 2. The van der Waals surface area contributed by atoms with Gasteiger partial charge in [-0.25, -0.2) is 4.79 Å². The lowest BCUT2D eigenvalue weighted by Crippen LogP contribution is -2.51. The van der Waals surface area contributed by atoms with E-state index in [4.69, 9.17) is 10.4 Å². The van der Waals surface area contributed by atoms with Crippen LogP contribution in [-0.4, -0.2) is 36.0 Å². The third-order valence-corrected chi connectivity index (χ3v) is 2.65. The third kappa shape index (κ3) is 2.52. The summed E-state index contributed by atoms with van der Waals surface area (Å²) in [6.45, 7) is -0.0975. The summed E-state index contributed by atoms with van der Waals surface area (Å²) in [5.41, 5.74) is 0.464. The molecule has 2 N–H and O–H groups in total. The smallest absolute Gasteiger partial charge is 0.335 e. The molecule has 0 aliphatic carbocycles. The maximum absolute atomic E-state index is 11.3. The summed E-state index contributed by atoms with van der Waals surface area (Å²) in [7, 11) is 0. The first-order chi connectivity index (χ1) is 9.01. The summed E-state index contributed by atoms with van der Waals surface area (Å²) in [5, 5.41) is 20.0. The molecule has 19 heavy (non-hydrogen) atoms. The summed E-state index contributed by atoms with van der Waals surface area (Å²) < 4.78 is 0. The van der Waals surface area contributed by atoms with Crippen LogP contribution in [0.5, 0.6) is 0 Å². The van der Waals surface area contributed by atoms with Gasteiger partial charge in [0.25, 0.3) is 0 Å². The summed E-state index contributed by atoms with van der Waals surface area (Å²) in [6.07, 6.45) is 0. The van der Waals surface area contributed by atoms with Crippen molar-refractivity contribution in [2.75, 3.05) is 18.0 Å². The van der Waals surface area contributed by atoms with Gasteiger partial charge in [0.15, 0.2) is 0 Å². The lowest BCUT2D eigenvalue weighted by Gasteiger charge is -2.28. The van der Waals surface area contributed by atoms with E-state index in [0.29, 0.717) is 5.69 Å². The van der Waals surface area contributed by atoms with Crippen molar-refractivity contribution in [1.29, 1.82) is 5.26 Å². The average molecular weight is 259 g/mol. The predicted octanol–water partition coefficient (Wildman–Crippen LogP) is -0.281. The quantitative estimate of drug-likeness (QED) is 0.707. The second kappa shape index (κ2) is 4.78. The topological polar surface area (TPSA) is 110 Å². The molecule has 0 unspecified atom stereocenters. The molecule has 2 amide bonds. The first-order valence-electron chi connectivity index (χ1n) is 5.36. The lowest BCUT2D eigenvalue weighted by atomic mass is 10.1. The van der Waals surface area contributed by atoms with Crippen molar-refractivity contribution in [2.24, 2.45) is 0 Å². The van der Waals surface area contributed by atoms with E-state index in [0.717, 1.165) is 0 Å². The number of nitriles is 1. The normalized spacial score (nSPS) is 14.8. The van der Waals surface area contributed by atoms with Crippen LogP contribution in [0.15, 0.2) is 18.2 Å². The summed E-state index contributed by atoms with van der Waals surface area (Å²) >= 11 is 0. The highest BCUT2D eigenvalue weighted by Gasteiger charge is 2.24. The van der Waals surface area contributed by atoms with Gasteiger partial charge in [-0.3, -0.25) is 14.9 Å². The van der Waals surface area contributed by atoms with Gasteiger partial charge in [-0.05, 0) is 18.2 Å². The molecule has 2 rings (SSSR count). The van der Waals surface area contributed by atoms with E-state index in [1.807, 2.05) is 6.07 Å². The van der Waals surface area contributed by atoms with E-state index >= 15 is 0 Å². The maximum Gasteiger partial charge on any atom is 0.335 e. The molecule has 0 radical (unpaired) electrons. The molecule has 1 saturated heterocycles. The van der Waals surface area contributed by atoms with Crippen molar-refractivity contribution >= 4 is 23.5 Å². The molecule has 0 bridgehead atoms. The lowest BCUT2D eigenvalue weighted by molar-refractivity contribution is -0.130. The third-order valence-electron chi connectivity index (χ3n) is 2.65. The molecule has 1 aromatic rings. The standard InChI is InChI=1S/C12H9N3O4/c13-4-8-3-7(12(18)19)1-2-9(8)15-5-10(16)14-11(17)6-15/h1-3H,5-6H2,(H,18,19)(H,14,16,17). The van der Waals surface area contributed by atoms with Crippen LogP contribution in [0.25, 0.3) is 0 Å². The molecule has 1 aromatic carbocycles.